The monoisotopic (exact) mass is 1880 g/mol. The number of cyclic esters (lactones) is 2. The number of hydrogen-bond donors (Lipinski definition) is 1. The highest BCUT2D eigenvalue weighted by Gasteiger charge is 2.71. The molecular formula is C97H141Cl3N6O20S2. The summed E-state index contributed by atoms with van der Waals surface area (Å²) < 4.78 is 103. The van der Waals surface area contributed by atoms with E-state index in [9.17, 15) is 14.4 Å². The second kappa shape index (κ2) is 42.3. The van der Waals surface area contributed by atoms with Crippen molar-refractivity contribution in [2.75, 3.05) is 75.7 Å². The molecule has 0 radical (unpaired) electrons. The molecule has 128 heavy (non-hydrogen) atoms. The lowest BCUT2D eigenvalue weighted by atomic mass is 9.66. The number of rotatable bonds is 19. The van der Waals surface area contributed by atoms with Crippen molar-refractivity contribution >= 4 is 107 Å². The van der Waals surface area contributed by atoms with Gasteiger partial charge in [0.2, 0.25) is 0 Å². The van der Waals surface area contributed by atoms with Gasteiger partial charge in [-0.3, -0.25) is 19.2 Å². The molecule has 6 aliphatic carbocycles. The topological polar surface area (TPSA) is 273 Å². The highest BCUT2D eigenvalue weighted by Crippen LogP contribution is 2.66. The van der Waals surface area contributed by atoms with Crippen molar-refractivity contribution in [3.05, 3.63) is 74.2 Å². The summed E-state index contributed by atoms with van der Waals surface area (Å²) in [4.78, 5) is 73.9. The van der Waals surface area contributed by atoms with Crippen LogP contribution < -0.4 is 10.2 Å². The van der Waals surface area contributed by atoms with Gasteiger partial charge < -0.3 is 95.8 Å². The number of nitrogens with one attached hydrogen (secondary N) is 1. The van der Waals surface area contributed by atoms with Crippen LogP contribution in [0.15, 0.2) is 59.7 Å². The fourth-order valence-corrected chi connectivity index (χ4v) is 27.9. The standard InChI is InChI=1S/C48H68ClN3O10S.C41H66N2O10.C7H3Cl2NS.CH4/c1-10-26-13-11-16-36(62-38-18-17-35(51(5)6)24(3)58-38)23(2)42(54)32-21-29-28-19-27(61-47-45(57-9)44(56-8)43(55-7)25(4)59-47)20-31(28)40-41(39(29)30(32)22-37(53)60-26)52(40)48-50-34-15-12-14-33(49)46(34)63-48;1-10-23-12-11-13-31(53-33-15-14-30(43(5)6)21(3)49-33)20(2)37(45)29-18-26-25-16-24(52-41-40(48-9)39(47-8)38(46-7)22(4)50-41)17-28(25)35-36(42-35)34(26)27(29)19-32(44)51-23;8-4-2-1-3-5-6(4)11-7(9)10-5;/h12,14-15,21,23-31,35-36,38-41,43-45,47H,10-11,13,16-20,22H2,1-9H3;18,20-28,30-31,33-36,38-42H,10-17,19H2,1-9H3;1-3H;1H4/t23-,24?,25?,26+,27+,28+,29+,30-,31-,35+,36+,38+,39-,40+,41-,43+,44?,45+,47+,52?;20-,21?,22?,23+,24+,25+,26+,27-,28-,30+,31+,33+,34-,35+,36-,38+,39?,40+,41+;;/m11../s1. The van der Waals surface area contributed by atoms with Gasteiger partial charge in [-0.25, -0.2) is 9.97 Å². The first-order chi connectivity index (χ1) is 61.1. The molecule has 1 N–H and O–H groups in total. The van der Waals surface area contributed by atoms with Crippen LogP contribution in [0.25, 0.3) is 20.4 Å². The summed E-state index contributed by atoms with van der Waals surface area (Å²) in [6.07, 6.45) is 12.0. The third-order valence-corrected chi connectivity index (χ3v) is 34.7. The van der Waals surface area contributed by atoms with E-state index in [1.54, 1.807) is 54.0 Å². The van der Waals surface area contributed by atoms with Crippen molar-refractivity contribution in [2.45, 2.75) is 337 Å². The van der Waals surface area contributed by atoms with E-state index in [-0.39, 0.29) is 213 Å². The molecule has 2 aromatic carbocycles. The molecule has 2 aromatic heterocycles. The van der Waals surface area contributed by atoms with Gasteiger partial charge in [0.1, 0.15) is 48.8 Å². The highest BCUT2D eigenvalue weighted by molar-refractivity contribution is 7.23. The van der Waals surface area contributed by atoms with Crippen molar-refractivity contribution < 1.29 is 95.0 Å². The maximum Gasteiger partial charge on any atom is 0.306 e. The van der Waals surface area contributed by atoms with Crippen LogP contribution in [0.3, 0.4) is 0 Å². The third-order valence-electron chi connectivity index (χ3n) is 31.5. The number of thiazole rings is 2. The number of aromatic nitrogens is 2. The SMILES string of the molecule is C.CC[C@H]1CCC[C@H](O[C@H]2CC[C@H](N(C)C)C(C)O2)[C@@H](C)C(=O)C2=C[C@H]3[C@@H]4C[C@H](O[C@@H]5OC(C)[C@H](OC)C(OC)[C@@H]5OC)C[C@H]4[C@@H]4N[C@@H]4[C@H]3[C@@H]2CC(=O)O1.CC[C@H]1CCC[C@H](O[C@H]2CC[C@H](N(C)C)C(C)O2)[C@@H](C)C(=O)C2=C[C@H]3[C@@H]4C[C@H](O[C@@H]5OC(C)[C@H](OC)C(OC)[C@@H]5OC)C[C@H]4[C@H]4[C@@H]([C@H]3[C@@H]2CC(=O)O1)N4c1nc2cccc(Cl)c2s1.Clc1nc2cccc(Cl)c2s1. The maximum absolute atomic E-state index is 15.3. The molecule has 8 aliphatic heterocycles. The molecule has 38 atom stereocenters. The molecule has 26 nitrogen and oxygen atoms in total. The van der Waals surface area contributed by atoms with Gasteiger partial charge in [-0.2, -0.15) is 0 Å². The number of Topliss-reactive ketones (excluding diaryl/α,β-unsaturated/α-hetero) is 2. The van der Waals surface area contributed by atoms with Crippen molar-refractivity contribution in [3.8, 4) is 0 Å². The second-order valence-corrected chi connectivity index (χ2v) is 42.3. The summed E-state index contributed by atoms with van der Waals surface area (Å²) in [6.45, 7) is 16.4. The Morgan fingerprint density at radius 1 is 0.484 bits per heavy atom. The zero-order valence-electron chi connectivity index (χ0n) is 77.1. The Morgan fingerprint density at radius 3 is 1.37 bits per heavy atom. The van der Waals surface area contributed by atoms with Crippen LogP contribution in [0.1, 0.15) is 178 Å². The first-order valence-electron chi connectivity index (χ1n) is 47.0. The normalized spacial score (nSPS) is 42.3. The van der Waals surface area contributed by atoms with Gasteiger partial charge >= 0.3 is 11.9 Å². The van der Waals surface area contributed by atoms with E-state index in [1.165, 1.54) is 11.3 Å². The molecule has 4 saturated carbocycles. The van der Waals surface area contributed by atoms with E-state index < -0.39 is 30.7 Å². The van der Waals surface area contributed by atoms with E-state index in [2.05, 4.69) is 93.0 Å². The van der Waals surface area contributed by atoms with Crippen molar-refractivity contribution in [1.82, 2.24) is 25.1 Å². The summed E-state index contributed by atoms with van der Waals surface area (Å²) in [5.41, 5.74) is 3.29. The van der Waals surface area contributed by atoms with Gasteiger partial charge in [0.25, 0.3) is 0 Å². The molecule has 0 bridgehead atoms. The Labute approximate surface area is 780 Å². The van der Waals surface area contributed by atoms with Crippen LogP contribution >= 0.6 is 57.5 Å². The fraction of sp³-hybridized carbons (Fsp3) is 0.773. The molecule has 6 unspecified atom stereocenters. The average molecular weight is 1880 g/mol. The molecule has 10 heterocycles. The van der Waals surface area contributed by atoms with Gasteiger partial charge in [-0.05, 0) is 241 Å². The number of anilines is 1. The van der Waals surface area contributed by atoms with Crippen LogP contribution in [0.5, 0.6) is 0 Å². The molecule has 14 aliphatic rings. The quantitative estimate of drug-likeness (QED) is 0.0674. The summed E-state index contributed by atoms with van der Waals surface area (Å²) in [5, 5.41) is 6.15. The Kier molecular flexibility index (Phi) is 32.5. The van der Waals surface area contributed by atoms with Gasteiger partial charge in [0.05, 0.1) is 104 Å². The number of carbonyl (C=O) groups is 4. The number of halogens is 3. The number of nitrogens with zero attached hydrogens (tertiary/aromatic N) is 5. The van der Waals surface area contributed by atoms with E-state index >= 15 is 4.79 Å². The zero-order chi connectivity index (χ0) is 90.0. The van der Waals surface area contributed by atoms with Crippen LogP contribution in [0.2, 0.25) is 14.5 Å². The number of hydrogen-bond acceptors (Lipinski definition) is 28. The van der Waals surface area contributed by atoms with Crippen molar-refractivity contribution in [2.24, 2.45) is 71.0 Å². The molecule has 12 fully saturated rings. The zero-order valence-corrected chi connectivity index (χ0v) is 81.0. The number of carbonyl (C=O) groups excluding carboxylic acids is 4. The van der Waals surface area contributed by atoms with Crippen LogP contribution in [-0.4, -0.2) is 273 Å². The lowest BCUT2D eigenvalue weighted by Gasteiger charge is -2.44. The molecule has 8 saturated heterocycles. The van der Waals surface area contributed by atoms with Crippen LogP contribution in [0.4, 0.5) is 5.13 Å². The first-order valence-corrected chi connectivity index (χ1v) is 49.8. The molecular weight excluding hydrogens is 1740 g/mol. The molecule has 0 spiro atoms. The Balaban J connectivity index is 0.000000176. The minimum Gasteiger partial charge on any atom is -0.462 e. The number of allylic oxidation sites excluding steroid dienone is 4. The van der Waals surface area contributed by atoms with Crippen LogP contribution in [-0.2, 0) is 95.0 Å². The lowest BCUT2D eigenvalue weighted by molar-refractivity contribution is -0.314. The predicted octanol–water partition coefficient (Wildman–Crippen LogP) is 16.0. The van der Waals surface area contributed by atoms with Crippen LogP contribution in [0, 0.1) is 71.0 Å². The van der Waals surface area contributed by atoms with Crippen molar-refractivity contribution in [3.63, 3.8) is 0 Å². The number of esters is 2. The lowest BCUT2D eigenvalue weighted by Crippen LogP contribution is -2.59. The fourth-order valence-electron chi connectivity index (χ4n) is 25.3. The van der Waals surface area contributed by atoms with Gasteiger partial charge in [-0.1, -0.05) is 106 Å². The number of ketones is 2. The summed E-state index contributed by atoms with van der Waals surface area (Å²) in [7, 11) is 18.4. The summed E-state index contributed by atoms with van der Waals surface area (Å²) in [5.74, 6) is 0.0264. The number of methoxy groups -OCH3 is 6. The van der Waals surface area contributed by atoms with Gasteiger partial charge in [-0.15, -0.1) is 11.3 Å². The van der Waals surface area contributed by atoms with E-state index in [0.29, 0.717) is 57.3 Å². The Morgan fingerprint density at radius 2 is 0.922 bits per heavy atom. The average Bonchev–Trinajstić information content (AvgIpc) is 1.53. The van der Waals surface area contributed by atoms with Gasteiger partial charge in [0.15, 0.2) is 46.3 Å². The number of fused-ring (bicyclic) bond motifs is 18. The summed E-state index contributed by atoms with van der Waals surface area (Å²) in [6, 6.07) is 12.9. The first kappa shape index (κ1) is 98.5. The largest absolute Gasteiger partial charge is 0.462 e. The predicted molar refractivity (Wildman–Crippen MR) is 492 cm³/mol. The van der Waals surface area contributed by atoms with E-state index in [0.717, 1.165) is 127 Å². The van der Waals surface area contributed by atoms with E-state index in [1.807, 2.05) is 64.1 Å². The molecule has 18 rings (SSSR count). The summed E-state index contributed by atoms with van der Waals surface area (Å²) >= 11 is 21.3. The Bertz CT molecular complexity index is 4530. The minimum absolute atomic E-state index is 0. The second-order valence-electron chi connectivity index (χ2n) is 39.0. The minimum atomic E-state index is -0.651. The molecule has 4 aromatic rings. The molecule has 0 amide bonds. The third kappa shape index (κ3) is 20.1. The smallest absolute Gasteiger partial charge is 0.306 e. The Hall–Kier alpha value is -4.03. The number of benzene rings is 2. The maximum atomic E-state index is 15.3. The van der Waals surface area contributed by atoms with Gasteiger partial charge in [0, 0.05) is 90.5 Å². The highest BCUT2D eigenvalue weighted by atomic mass is 35.5. The number of likely N-dealkylation sites (N-methyl/N-ethyl adjacent to an activating group) is 2. The van der Waals surface area contributed by atoms with E-state index in [4.69, 9.17) is 116 Å². The molecule has 712 valence electrons. The molecule has 31 heteroatoms. The number of ether oxygens (including phenoxy) is 16. The van der Waals surface area contributed by atoms with Crippen molar-refractivity contribution in [1.29, 1.82) is 0 Å².